The van der Waals surface area contributed by atoms with Crippen molar-refractivity contribution in [2.45, 2.75) is 0 Å². The second-order valence-corrected chi connectivity index (χ2v) is 3.91. The van der Waals surface area contributed by atoms with Gasteiger partial charge in [0.25, 0.3) is 0 Å². The summed E-state index contributed by atoms with van der Waals surface area (Å²) in [4.78, 5) is 10.4. The largest absolute Gasteiger partial charge is 0.416 e. The molecule has 7 heteroatoms. The molecule has 1 aromatic rings. The van der Waals surface area contributed by atoms with Crippen molar-refractivity contribution in [3.63, 3.8) is 0 Å². The number of nitrogens with two attached hydrogens (primary N) is 2. The molecule has 0 saturated carbocycles. The third-order valence-corrected chi connectivity index (χ3v) is 2.15. The molecular weight excluding hydrogens is 348 g/mol. The van der Waals surface area contributed by atoms with Gasteiger partial charge >= 0.3 is 0 Å². The Hall–Kier alpha value is -0.660. The van der Waals surface area contributed by atoms with Gasteiger partial charge in [0.15, 0.2) is 33.4 Å². The normalized spacial score (nSPS) is 8.40. The van der Waals surface area contributed by atoms with Crippen molar-refractivity contribution in [3.05, 3.63) is 28.2 Å². The summed E-state index contributed by atoms with van der Waals surface area (Å²) in [6.45, 7) is 0. The van der Waals surface area contributed by atoms with Gasteiger partial charge in [-0.2, -0.15) is 0 Å². The predicted octanol–water partition coefficient (Wildman–Crippen LogP) is 2.14. The molecule has 0 spiro atoms. The number of thiocarbonyl (C=S) groups is 1. The summed E-state index contributed by atoms with van der Waals surface area (Å²) in [6.07, 6.45) is 0.737. The Morgan fingerprint density at radius 1 is 1.47 bits per heavy atom. The monoisotopic (exact) mass is 354 g/mol. The minimum Gasteiger partial charge on any atom is -0.416 e. The summed E-state index contributed by atoms with van der Waals surface area (Å²) in [5, 5.41) is 0.000000000000000222. The molecule has 82 valence electrons. The highest BCUT2D eigenvalue weighted by molar-refractivity contribution is 9.10. The van der Waals surface area contributed by atoms with E-state index in [4.69, 9.17) is 3.83 Å². The molecule has 0 heterocycles. The van der Waals surface area contributed by atoms with Crippen LogP contribution in [0.5, 0.6) is 5.75 Å². The molecule has 15 heavy (non-hydrogen) atoms. The Morgan fingerprint density at radius 3 is 2.33 bits per heavy atom. The van der Waals surface area contributed by atoms with Crippen LogP contribution in [0.4, 0.5) is 0 Å². The lowest BCUT2D eigenvalue weighted by molar-refractivity contribution is 0.112. The van der Waals surface area contributed by atoms with E-state index in [0.29, 0.717) is 11.3 Å². The lowest BCUT2D eigenvalue weighted by Crippen LogP contribution is -2.18. The number of aldehydes is 1. The first-order chi connectivity index (χ1) is 7.02. The first-order valence-electron chi connectivity index (χ1n) is 3.60. The van der Waals surface area contributed by atoms with Crippen LogP contribution in [0.25, 0.3) is 0 Å². The number of halogens is 2. The van der Waals surface area contributed by atoms with Gasteiger partial charge < -0.3 is 15.3 Å². The molecule has 0 bridgehead atoms. The Kier molecular flexibility index (Phi) is 7.27. The molecule has 0 amide bonds. The number of para-hydroxylation sites is 1. The SMILES string of the molecule is NC(N)=S.O=Cc1cccc(Br)c1OBr. The van der Waals surface area contributed by atoms with Gasteiger partial charge in [0.1, 0.15) is 0 Å². The van der Waals surface area contributed by atoms with Gasteiger partial charge in [-0.15, -0.1) is 0 Å². The Labute approximate surface area is 110 Å². The lowest BCUT2D eigenvalue weighted by atomic mass is 10.2. The summed E-state index contributed by atoms with van der Waals surface area (Å²) in [5.74, 6) is 0.502. The number of carbonyl (C=O) groups excluding carboxylic acids is 1. The van der Waals surface area contributed by atoms with Crippen LogP contribution >= 0.6 is 44.4 Å². The molecule has 0 aliphatic rings. The second-order valence-electron chi connectivity index (χ2n) is 2.26. The van der Waals surface area contributed by atoms with E-state index in [0.717, 1.165) is 10.8 Å². The van der Waals surface area contributed by atoms with Crippen LogP contribution in [0.1, 0.15) is 10.4 Å². The minimum absolute atomic E-state index is 0.000000000000000222. The third kappa shape index (κ3) is 5.71. The van der Waals surface area contributed by atoms with Crippen LogP contribution < -0.4 is 15.3 Å². The maximum atomic E-state index is 10.4. The summed E-state index contributed by atoms with van der Waals surface area (Å²) in [5.41, 5.74) is 9.75. The number of benzene rings is 1. The van der Waals surface area contributed by atoms with Gasteiger partial charge in [-0.05, 0) is 40.3 Å². The van der Waals surface area contributed by atoms with Crippen molar-refractivity contribution in [2.24, 2.45) is 11.5 Å². The van der Waals surface area contributed by atoms with Crippen LogP contribution in [-0.4, -0.2) is 11.4 Å². The molecule has 0 aliphatic heterocycles. The van der Waals surface area contributed by atoms with Crippen LogP contribution in [-0.2, 0) is 0 Å². The molecular formula is C8H8Br2N2O2S. The molecule has 0 aliphatic carbocycles. The highest BCUT2D eigenvalue weighted by Crippen LogP contribution is 2.28. The minimum atomic E-state index is 0.000000000000000222. The van der Waals surface area contributed by atoms with Crippen molar-refractivity contribution >= 4 is 55.8 Å². The van der Waals surface area contributed by atoms with Crippen LogP contribution in [0.2, 0.25) is 0 Å². The van der Waals surface area contributed by atoms with E-state index in [2.05, 4.69) is 55.9 Å². The van der Waals surface area contributed by atoms with Gasteiger partial charge in [0, 0.05) is 0 Å². The predicted molar refractivity (Wildman–Crippen MR) is 70.1 cm³/mol. The van der Waals surface area contributed by atoms with E-state index in [1.54, 1.807) is 18.2 Å². The van der Waals surface area contributed by atoms with Gasteiger partial charge in [-0.3, -0.25) is 4.79 Å². The first-order valence-corrected chi connectivity index (χ1v) is 5.45. The third-order valence-electron chi connectivity index (χ3n) is 1.20. The zero-order valence-corrected chi connectivity index (χ0v) is 11.4. The highest BCUT2D eigenvalue weighted by atomic mass is 79.9. The van der Waals surface area contributed by atoms with Crippen molar-refractivity contribution in [1.82, 2.24) is 0 Å². The quantitative estimate of drug-likeness (QED) is 0.627. The molecule has 0 radical (unpaired) electrons. The molecule has 4 nitrogen and oxygen atoms in total. The summed E-state index contributed by atoms with van der Waals surface area (Å²) in [6, 6.07) is 5.24. The van der Waals surface area contributed by atoms with Crippen LogP contribution in [0.15, 0.2) is 22.7 Å². The van der Waals surface area contributed by atoms with Crippen molar-refractivity contribution in [3.8, 4) is 5.75 Å². The molecule has 0 saturated heterocycles. The van der Waals surface area contributed by atoms with Gasteiger partial charge in [0.05, 0.1) is 10.0 Å². The van der Waals surface area contributed by atoms with Crippen molar-refractivity contribution in [1.29, 1.82) is 0 Å². The zero-order valence-electron chi connectivity index (χ0n) is 7.44. The van der Waals surface area contributed by atoms with E-state index in [9.17, 15) is 4.79 Å². The first kappa shape index (κ1) is 14.3. The molecule has 0 unspecified atom stereocenters. The summed E-state index contributed by atoms with van der Waals surface area (Å²) in [7, 11) is 0. The fraction of sp³-hybridized carbons (Fsp3) is 0. The number of rotatable bonds is 2. The number of hydrogen-bond donors (Lipinski definition) is 2. The van der Waals surface area contributed by atoms with E-state index in [1.165, 1.54) is 0 Å². The summed E-state index contributed by atoms with van der Waals surface area (Å²) >= 11 is 10.1. The van der Waals surface area contributed by atoms with Crippen molar-refractivity contribution in [2.75, 3.05) is 0 Å². The van der Waals surface area contributed by atoms with E-state index >= 15 is 0 Å². The maximum absolute atomic E-state index is 10.4. The average molecular weight is 356 g/mol. The fourth-order valence-electron chi connectivity index (χ4n) is 0.700. The highest BCUT2D eigenvalue weighted by Gasteiger charge is 2.05. The van der Waals surface area contributed by atoms with Gasteiger partial charge in [-0.1, -0.05) is 6.07 Å². The standard InChI is InChI=1S/C7H4Br2O2.CH4N2S/c8-6-3-1-2-5(4-10)7(6)11-9;2-1(3)4/h1-4H;(H4,2,3,4). The summed E-state index contributed by atoms with van der Waals surface area (Å²) < 4.78 is 5.55. The topological polar surface area (TPSA) is 78.3 Å². The molecule has 1 aromatic carbocycles. The molecule has 4 N–H and O–H groups in total. The van der Waals surface area contributed by atoms with E-state index in [-0.39, 0.29) is 5.11 Å². The fourth-order valence-corrected chi connectivity index (χ4v) is 1.74. The Balaban J connectivity index is 0.000000423. The number of carbonyl (C=O) groups is 1. The van der Waals surface area contributed by atoms with Crippen LogP contribution in [0, 0.1) is 0 Å². The smallest absolute Gasteiger partial charge is 0.179 e. The van der Waals surface area contributed by atoms with E-state index in [1.807, 2.05) is 0 Å². The second kappa shape index (κ2) is 7.61. The molecule has 0 fully saturated rings. The maximum Gasteiger partial charge on any atom is 0.179 e. The molecule has 0 atom stereocenters. The van der Waals surface area contributed by atoms with Gasteiger partial charge in [0.2, 0.25) is 0 Å². The van der Waals surface area contributed by atoms with Crippen molar-refractivity contribution < 1.29 is 8.62 Å². The molecule has 0 aromatic heterocycles. The van der Waals surface area contributed by atoms with Gasteiger partial charge in [-0.25, -0.2) is 0 Å². The Bertz CT molecular complexity index is 356. The zero-order chi connectivity index (χ0) is 11.8. The lowest BCUT2D eigenvalue weighted by Gasteiger charge is -2.01. The average Bonchev–Trinajstić information content (AvgIpc) is 2.16. The van der Waals surface area contributed by atoms with E-state index < -0.39 is 0 Å². The van der Waals surface area contributed by atoms with Crippen LogP contribution in [0.3, 0.4) is 0 Å². The Morgan fingerprint density at radius 2 is 2.00 bits per heavy atom. The molecule has 1 rings (SSSR count). The number of hydrogen-bond acceptors (Lipinski definition) is 3.